The van der Waals surface area contributed by atoms with Gasteiger partial charge in [-0.05, 0) is 24.3 Å². The van der Waals surface area contributed by atoms with Gasteiger partial charge in [-0.1, -0.05) is 50.6 Å². The molecular formula is C23H21MoN2O2+. The summed E-state index contributed by atoms with van der Waals surface area (Å²) in [6, 6.07) is 21.0. The van der Waals surface area contributed by atoms with Gasteiger partial charge in [0.25, 0.3) is 0 Å². The second-order valence-corrected chi connectivity index (χ2v) is 4.63. The molecule has 0 saturated carbocycles. The van der Waals surface area contributed by atoms with E-state index in [0.29, 0.717) is 0 Å². The maximum absolute atomic E-state index is 7.50. The van der Waals surface area contributed by atoms with Crippen LogP contribution in [0.2, 0.25) is 0 Å². The van der Waals surface area contributed by atoms with Gasteiger partial charge in [0.05, 0.1) is 11.4 Å². The van der Waals surface area contributed by atoms with Crippen molar-refractivity contribution in [2.45, 2.75) is 20.3 Å². The molecule has 0 aliphatic rings. The maximum atomic E-state index is 7.50. The monoisotopic (exact) mass is 455 g/mol. The number of hydrogen-bond donors (Lipinski definition) is 0. The molecule has 0 unspecified atom stereocenters. The topological polar surface area (TPSA) is 65.6 Å². The van der Waals surface area contributed by atoms with Crippen molar-refractivity contribution in [3.05, 3.63) is 104 Å². The Morgan fingerprint density at radius 2 is 1.07 bits per heavy atom. The minimum absolute atomic E-state index is 0. The third kappa shape index (κ3) is 15.5. The Bertz CT molecular complexity index is 725. The quantitative estimate of drug-likeness (QED) is 0.223. The van der Waals surface area contributed by atoms with E-state index in [-0.39, 0.29) is 21.1 Å². The molecular weight excluding hydrogens is 432 g/mol. The van der Waals surface area contributed by atoms with Gasteiger partial charge < -0.3 is 6.42 Å². The van der Waals surface area contributed by atoms with Gasteiger partial charge >= 0.3 is 43.7 Å². The first kappa shape index (κ1) is 30.0. The summed E-state index contributed by atoms with van der Waals surface area (Å²) in [6.07, 6.45) is 11.5. The zero-order valence-electron chi connectivity index (χ0n) is 15.8. The van der Waals surface area contributed by atoms with Crippen LogP contribution in [0.4, 0.5) is 0 Å². The molecule has 28 heavy (non-hydrogen) atoms. The number of benzene rings is 1. The van der Waals surface area contributed by atoms with E-state index in [1.807, 2.05) is 66.7 Å². The Labute approximate surface area is 182 Å². The van der Waals surface area contributed by atoms with Gasteiger partial charge in [0.1, 0.15) is 0 Å². The van der Waals surface area contributed by atoms with Gasteiger partial charge in [-0.2, -0.15) is 0 Å². The van der Waals surface area contributed by atoms with Gasteiger partial charge in [-0.15, -0.1) is 17.7 Å². The van der Waals surface area contributed by atoms with E-state index < -0.39 is 0 Å². The molecule has 0 aliphatic heterocycles. The van der Waals surface area contributed by atoms with Crippen molar-refractivity contribution in [2.75, 3.05) is 0 Å². The van der Waals surface area contributed by atoms with Gasteiger partial charge in [-0.3, -0.25) is 15.9 Å². The molecule has 0 N–H and O–H groups in total. The molecule has 0 aliphatic carbocycles. The molecule has 3 aromatic rings. The Morgan fingerprint density at radius 3 is 1.32 bits per heavy atom. The summed E-state index contributed by atoms with van der Waals surface area (Å²) in [7, 11) is 0. The molecule has 1 aromatic carbocycles. The average molecular weight is 453 g/mol. The molecule has 0 atom stereocenters. The molecule has 3 rings (SSSR count). The summed E-state index contributed by atoms with van der Waals surface area (Å²) in [6.45, 7) is 13.2. The summed E-state index contributed by atoms with van der Waals surface area (Å²) in [5, 5.41) is 0. The summed E-state index contributed by atoms with van der Waals surface area (Å²) < 4.78 is 15.0. The van der Waals surface area contributed by atoms with E-state index in [2.05, 4.69) is 43.0 Å². The molecule has 5 heteroatoms. The summed E-state index contributed by atoms with van der Waals surface area (Å²) in [5.41, 5.74) is 2.66. The van der Waals surface area contributed by atoms with Crippen molar-refractivity contribution >= 4 is 0 Å². The summed E-state index contributed by atoms with van der Waals surface area (Å²) in [4.78, 5) is 8.37. The molecule has 2 aromatic heterocycles. The Balaban J connectivity index is -0.000000342. The zero-order chi connectivity index (χ0) is 20.8. The fourth-order valence-electron chi connectivity index (χ4n) is 1.55. The maximum Gasteiger partial charge on any atom is 2.00 e. The first-order valence-electron chi connectivity index (χ1n) is 8.02. The predicted molar refractivity (Wildman–Crippen MR) is 104 cm³/mol. The number of aromatic nitrogens is 2. The Morgan fingerprint density at radius 1 is 0.714 bits per heavy atom. The molecule has 4 nitrogen and oxygen atoms in total. The van der Waals surface area contributed by atoms with Crippen LogP contribution in [0.5, 0.6) is 0 Å². The minimum Gasteiger partial charge on any atom is -0.255 e. The van der Waals surface area contributed by atoms with E-state index in [4.69, 9.17) is 15.7 Å². The number of pyridine rings is 2. The van der Waals surface area contributed by atoms with E-state index in [9.17, 15) is 0 Å². The van der Waals surface area contributed by atoms with Gasteiger partial charge in [0.15, 0.2) is 0 Å². The van der Waals surface area contributed by atoms with Crippen molar-refractivity contribution in [3.8, 4) is 17.3 Å². The third-order valence-corrected chi connectivity index (χ3v) is 2.51. The average Bonchev–Trinajstić information content (AvgIpc) is 2.79. The molecule has 0 spiro atoms. The van der Waals surface area contributed by atoms with E-state index in [1.165, 1.54) is 6.42 Å². The van der Waals surface area contributed by atoms with Crippen LogP contribution < -0.4 is 0 Å². The van der Waals surface area contributed by atoms with Crippen molar-refractivity contribution in [1.82, 2.24) is 9.97 Å². The standard InChI is InChI=1S/C10H8N2.C8H5.C3H8.2CO.Mo/c1-3-7-11-9(5-1)10-6-2-4-8-12-10;1-2-8-6-4-3-5-7-8;1-3-2;2*1-2;/h1-8H;3-7H;3H2,1-2H3;;;/q;-1;;;;+2. The van der Waals surface area contributed by atoms with Crippen LogP contribution in [0.3, 0.4) is 0 Å². The summed E-state index contributed by atoms with van der Waals surface area (Å²) >= 11 is 0. The predicted octanol–water partition coefficient (Wildman–Crippen LogP) is 5.11. The van der Waals surface area contributed by atoms with Crippen LogP contribution in [-0.2, 0) is 30.4 Å². The zero-order valence-corrected chi connectivity index (χ0v) is 17.8. The molecule has 0 saturated heterocycles. The second kappa shape index (κ2) is 24.2. The third-order valence-electron chi connectivity index (χ3n) is 2.51. The van der Waals surface area contributed by atoms with Crippen LogP contribution in [0.25, 0.3) is 11.4 Å². The Kier molecular flexibility index (Phi) is 26.0. The number of nitrogens with zero attached hydrogens (tertiary/aromatic N) is 2. The molecule has 2 heterocycles. The van der Waals surface area contributed by atoms with Crippen molar-refractivity contribution in [2.24, 2.45) is 0 Å². The van der Waals surface area contributed by atoms with E-state index in [0.717, 1.165) is 17.0 Å². The fourth-order valence-corrected chi connectivity index (χ4v) is 1.55. The second-order valence-electron chi connectivity index (χ2n) is 4.63. The van der Waals surface area contributed by atoms with Gasteiger partial charge in [-0.25, -0.2) is 0 Å². The summed E-state index contributed by atoms with van der Waals surface area (Å²) in [5.74, 6) is 2.28. The molecule has 0 amide bonds. The Hall–Kier alpha value is -2.75. The SMILES string of the molecule is CCC.[C-]#Cc1ccccc1.[C-]#[O+].[C-]#[O+].[Mo+2].c1ccc(-c2ccccn2)nc1. The smallest absolute Gasteiger partial charge is 0.255 e. The first-order chi connectivity index (χ1) is 13.3. The number of rotatable bonds is 1. The molecule has 0 radical (unpaired) electrons. The van der Waals surface area contributed by atoms with Crippen molar-refractivity contribution < 1.29 is 30.4 Å². The van der Waals surface area contributed by atoms with Crippen LogP contribution in [0.1, 0.15) is 25.8 Å². The largest absolute Gasteiger partial charge is 2.00 e. The van der Waals surface area contributed by atoms with Crippen molar-refractivity contribution in [1.29, 1.82) is 0 Å². The van der Waals surface area contributed by atoms with Crippen LogP contribution in [-0.4, -0.2) is 9.97 Å². The molecule has 140 valence electrons. The fraction of sp³-hybridized carbons (Fsp3) is 0.130. The van der Waals surface area contributed by atoms with Crippen LogP contribution >= 0.6 is 0 Å². The molecule has 0 bridgehead atoms. The molecule has 0 fully saturated rings. The normalized spacial score (nSPS) is 7.18. The van der Waals surface area contributed by atoms with Gasteiger partial charge in [0, 0.05) is 12.4 Å². The van der Waals surface area contributed by atoms with E-state index in [1.54, 1.807) is 12.4 Å². The van der Waals surface area contributed by atoms with E-state index >= 15 is 0 Å². The van der Waals surface area contributed by atoms with Gasteiger partial charge in [0.2, 0.25) is 0 Å². The number of hydrogen-bond acceptors (Lipinski definition) is 2. The van der Waals surface area contributed by atoms with Crippen LogP contribution in [0.15, 0.2) is 79.1 Å². The van der Waals surface area contributed by atoms with Crippen molar-refractivity contribution in [3.63, 3.8) is 0 Å². The first-order valence-corrected chi connectivity index (χ1v) is 8.02. The van der Waals surface area contributed by atoms with Crippen LogP contribution in [0, 0.1) is 25.6 Å². The minimum atomic E-state index is 0.